The fourth-order valence-corrected chi connectivity index (χ4v) is 3.05. The van der Waals surface area contributed by atoms with Crippen LogP contribution in [0, 0.1) is 5.92 Å². The highest BCUT2D eigenvalue weighted by atomic mass is 16.5. The van der Waals surface area contributed by atoms with Crippen LogP contribution in [0.2, 0.25) is 0 Å². The van der Waals surface area contributed by atoms with Gasteiger partial charge in [-0.15, -0.1) is 0 Å². The molecule has 0 aromatic carbocycles. The van der Waals surface area contributed by atoms with Crippen molar-refractivity contribution in [2.24, 2.45) is 11.7 Å². The predicted octanol–water partition coefficient (Wildman–Crippen LogP) is 1.61. The Balaban J connectivity index is 1.72. The Morgan fingerprint density at radius 2 is 2.12 bits per heavy atom. The van der Waals surface area contributed by atoms with E-state index in [1.54, 1.807) is 0 Å². The van der Waals surface area contributed by atoms with Crippen molar-refractivity contribution >= 4 is 0 Å². The third-order valence-electron chi connectivity index (χ3n) is 4.03. The molecule has 0 aromatic rings. The molecule has 0 aromatic heterocycles. The van der Waals surface area contributed by atoms with Gasteiger partial charge in [-0.05, 0) is 44.6 Å². The molecule has 2 N–H and O–H groups in total. The molecule has 1 saturated carbocycles. The predicted molar refractivity (Wildman–Crippen MR) is 66.4 cm³/mol. The second-order valence-corrected chi connectivity index (χ2v) is 5.43. The van der Waals surface area contributed by atoms with E-state index in [9.17, 15) is 0 Å². The third kappa shape index (κ3) is 3.44. The van der Waals surface area contributed by atoms with Crippen molar-refractivity contribution in [2.75, 3.05) is 26.2 Å². The lowest BCUT2D eigenvalue weighted by Crippen LogP contribution is -2.35. The topological polar surface area (TPSA) is 38.5 Å². The first-order valence-corrected chi connectivity index (χ1v) is 6.87. The molecule has 2 aliphatic rings. The number of nitrogens with zero attached hydrogens (tertiary/aromatic N) is 1. The van der Waals surface area contributed by atoms with E-state index in [0.717, 1.165) is 25.6 Å². The van der Waals surface area contributed by atoms with Crippen molar-refractivity contribution in [3.05, 3.63) is 0 Å². The van der Waals surface area contributed by atoms with E-state index >= 15 is 0 Å². The summed E-state index contributed by atoms with van der Waals surface area (Å²) in [6, 6.07) is 0.464. The zero-order valence-corrected chi connectivity index (χ0v) is 10.5. The molecule has 1 aliphatic heterocycles. The normalized spacial score (nSPS) is 35.1. The van der Waals surface area contributed by atoms with Crippen LogP contribution < -0.4 is 5.73 Å². The van der Waals surface area contributed by atoms with Crippen molar-refractivity contribution in [3.8, 4) is 0 Å². The lowest BCUT2D eigenvalue weighted by molar-refractivity contribution is 0.0696. The summed E-state index contributed by atoms with van der Waals surface area (Å²) in [5.74, 6) is 0.830. The molecule has 3 atom stereocenters. The second kappa shape index (κ2) is 5.99. The SMILES string of the molecule is CCN(CC1CCC(N)C1)CC1CCCO1. The van der Waals surface area contributed by atoms with E-state index in [0.29, 0.717) is 12.1 Å². The average molecular weight is 226 g/mol. The van der Waals surface area contributed by atoms with Gasteiger partial charge in [0.15, 0.2) is 0 Å². The van der Waals surface area contributed by atoms with Crippen molar-refractivity contribution in [1.29, 1.82) is 0 Å². The van der Waals surface area contributed by atoms with Gasteiger partial charge in [0, 0.05) is 25.7 Å². The molecule has 3 nitrogen and oxygen atoms in total. The van der Waals surface area contributed by atoms with Crippen LogP contribution in [0.1, 0.15) is 39.0 Å². The molecule has 1 heterocycles. The van der Waals surface area contributed by atoms with Crippen molar-refractivity contribution < 1.29 is 4.74 Å². The van der Waals surface area contributed by atoms with Crippen LogP contribution in [0.4, 0.5) is 0 Å². The minimum absolute atomic E-state index is 0.464. The van der Waals surface area contributed by atoms with E-state index in [2.05, 4.69) is 11.8 Å². The van der Waals surface area contributed by atoms with Crippen LogP contribution in [-0.4, -0.2) is 43.3 Å². The maximum Gasteiger partial charge on any atom is 0.0702 e. The van der Waals surface area contributed by atoms with Crippen LogP contribution in [-0.2, 0) is 4.74 Å². The molecule has 2 rings (SSSR count). The monoisotopic (exact) mass is 226 g/mol. The Morgan fingerprint density at radius 1 is 1.25 bits per heavy atom. The quantitative estimate of drug-likeness (QED) is 0.774. The van der Waals surface area contributed by atoms with E-state index in [-0.39, 0.29) is 0 Å². The Labute approximate surface area is 99.3 Å². The van der Waals surface area contributed by atoms with Gasteiger partial charge in [-0.2, -0.15) is 0 Å². The molecule has 2 fully saturated rings. The Hall–Kier alpha value is -0.120. The largest absolute Gasteiger partial charge is 0.377 e. The molecule has 94 valence electrons. The third-order valence-corrected chi connectivity index (χ3v) is 4.03. The summed E-state index contributed by atoms with van der Waals surface area (Å²) in [6.45, 7) is 6.72. The van der Waals surface area contributed by atoms with Crippen molar-refractivity contribution in [2.45, 2.75) is 51.2 Å². The molecule has 3 unspecified atom stereocenters. The highest BCUT2D eigenvalue weighted by molar-refractivity contribution is 4.81. The molecule has 0 bridgehead atoms. The Kier molecular flexibility index (Phi) is 4.62. The van der Waals surface area contributed by atoms with Crippen LogP contribution >= 0.6 is 0 Å². The molecular weight excluding hydrogens is 200 g/mol. The summed E-state index contributed by atoms with van der Waals surface area (Å²) in [4.78, 5) is 2.55. The first-order chi connectivity index (χ1) is 7.78. The van der Waals surface area contributed by atoms with Gasteiger partial charge in [0.25, 0.3) is 0 Å². The molecule has 0 amide bonds. The summed E-state index contributed by atoms with van der Waals surface area (Å²) in [6.07, 6.45) is 6.76. The maximum absolute atomic E-state index is 5.96. The Bertz CT molecular complexity index is 204. The van der Waals surface area contributed by atoms with Gasteiger partial charge in [0.2, 0.25) is 0 Å². The minimum Gasteiger partial charge on any atom is -0.377 e. The molecule has 0 spiro atoms. The smallest absolute Gasteiger partial charge is 0.0702 e. The first-order valence-electron chi connectivity index (χ1n) is 6.87. The van der Waals surface area contributed by atoms with Crippen LogP contribution in [0.25, 0.3) is 0 Å². The lowest BCUT2D eigenvalue weighted by Gasteiger charge is -2.26. The zero-order valence-electron chi connectivity index (χ0n) is 10.5. The van der Waals surface area contributed by atoms with Crippen molar-refractivity contribution in [3.63, 3.8) is 0 Å². The van der Waals surface area contributed by atoms with Crippen LogP contribution in [0.3, 0.4) is 0 Å². The zero-order chi connectivity index (χ0) is 11.4. The molecule has 0 radical (unpaired) electrons. The molecule has 16 heavy (non-hydrogen) atoms. The maximum atomic E-state index is 5.96. The first kappa shape index (κ1) is 12.3. The molecular formula is C13H26N2O. The van der Waals surface area contributed by atoms with Gasteiger partial charge < -0.3 is 15.4 Å². The van der Waals surface area contributed by atoms with Gasteiger partial charge in [0.1, 0.15) is 0 Å². The summed E-state index contributed by atoms with van der Waals surface area (Å²) in [5.41, 5.74) is 5.96. The summed E-state index contributed by atoms with van der Waals surface area (Å²) >= 11 is 0. The van der Waals surface area contributed by atoms with Gasteiger partial charge in [-0.25, -0.2) is 0 Å². The lowest BCUT2D eigenvalue weighted by atomic mass is 10.1. The number of nitrogens with two attached hydrogens (primary N) is 1. The molecule has 1 saturated heterocycles. The summed E-state index contributed by atoms with van der Waals surface area (Å²) < 4.78 is 5.70. The fourth-order valence-electron chi connectivity index (χ4n) is 3.05. The highest BCUT2D eigenvalue weighted by Gasteiger charge is 2.25. The van der Waals surface area contributed by atoms with E-state index < -0.39 is 0 Å². The number of likely N-dealkylation sites (N-methyl/N-ethyl adjacent to an activating group) is 1. The number of rotatable bonds is 5. The van der Waals surface area contributed by atoms with E-state index in [4.69, 9.17) is 10.5 Å². The Morgan fingerprint density at radius 3 is 2.69 bits per heavy atom. The number of hydrogen-bond donors (Lipinski definition) is 1. The van der Waals surface area contributed by atoms with E-state index in [1.807, 2.05) is 0 Å². The fraction of sp³-hybridized carbons (Fsp3) is 1.00. The minimum atomic E-state index is 0.464. The van der Waals surface area contributed by atoms with E-state index in [1.165, 1.54) is 38.6 Å². The van der Waals surface area contributed by atoms with Gasteiger partial charge in [0.05, 0.1) is 6.10 Å². The molecule has 3 heteroatoms. The number of hydrogen-bond acceptors (Lipinski definition) is 3. The molecule has 1 aliphatic carbocycles. The summed E-state index contributed by atoms with van der Waals surface area (Å²) in [7, 11) is 0. The standard InChI is InChI=1S/C13H26N2O/c1-2-15(10-13-4-3-7-16-13)9-11-5-6-12(14)8-11/h11-13H,2-10,14H2,1H3. The van der Waals surface area contributed by atoms with Crippen LogP contribution in [0.15, 0.2) is 0 Å². The van der Waals surface area contributed by atoms with Gasteiger partial charge >= 0.3 is 0 Å². The second-order valence-electron chi connectivity index (χ2n) is 5.43. The highest BCUT2D eigenvalue weighted by Crippen LogP contribution is 2.25. The number of ether oxygens (including phenoxy) is 1. The summed E-state index contributed by atoms with van der Waals surface area (Å²) in [5, 5.41) is 0. The van der Waals surface area contributed by atoms with Crippen LogP contribution in [0.5, 0.6) is 0 Å². The van der Waals surface area contributed by atoms with Crippen molar-refractivity contribution in [1.82, 2.24) is 4.90 Å². The van der Waals surface area contributed by atoms with Gasteiger partial charge in [-0.3, -0.25) is 0 Å². The average Bonchev–Trinajstić information content (AvgIpc) is 2.89. The van der Waals surface area contributed by atoms with Gasteiger partial charge in [-0.1, -0.05) is 6.92 Å².